The zero-order valence-electron chi connectivity index (χ0n) is 17.7. The van der Waals surface area contributed by atoms with Gasteiger partial charge in [0, 0.05) is 33.2 Å². The SMILES string of the molecule is CN=C(NCCc1ccc(OC)cc1)NCC1CCN(CCc2ccccc2)C1. The summed E-state index contributed by atoms with van der Waals surface area (Å²) in [6.07, 6.45) is 3.35. The van der Waals surface area contributed by atoms with Gasteiger partial charge in [-0.15, -0.1) is 0 Å². The molecule has 3 rings (SSSR count). The smallest absolute Gasteiger partial charge is 0.190 e. The van der Waals surface area contributed by atoms with Crippen LogP contribution < -0.4 is 15.4 Å². The Kier molecular flexibility index (Phi) is 8.38. The molecule has 156 valence electrons. The minimum absolute atomic E-state index is 0.686. The van der Waals surface area contributed by atoms with Gasteiger partial charge in [0.15, 0.2) is 5.96 Å². The Labute approximate surface area is 175 Å². The molecule has 0 saturated carbocycles. The molecule has 2 N–H and O–H groups in total. The predicted molar refractivity (Wildman–Crippen MR) is 121 cm³/mol. The molecule has 0 radical (unpaired) electrons. The van der Waals surface area contributed by atoms with Crippen molar-refractivity contribution in [2.45, 2.75) is 19.3 Å². The van der Waals surface area contributed by atoms with Crippen LogP contribution in [0.25, 0.3) is 0 Å². The van der Waals surface area contributed by atoms with Crippen molar-refractivity contribution in [1.29, 1.82) is 0 Å². The maximum atomic E-state index is 5.21. The number of nitrogens with zero attached hydrogens (tertiary/aromatic N) is 2. The molecule has 29 heavy (non-hydrogen) atoms. The average molecular weight is 395 g/mol. The fourth-order valence-corrected chi connectivity index (χ4v) is 3.79. The molecular formula is C24H34N4O. The van der Waals surface area contributed by atoms with Gasteiger partial charge in [-0.25, -0.2) is 0 Å². The first-order valence-corrected chi connectivity index (χ1v) is 10.6. The van der Waals surface area contributed by atoms with Crippen molar-refractivity contribution < 1.29 is 4.74 Å². The summed E-state index contributed by atoms with van der Waals surface area (Å²) < 4.78 is 5.21. The molecule has 5 heteroatoms. The second-order valence-corrected chi connectivity index (χ2v) is 7.67. The Balaban J connectivity index is 1.32. The molecule has 0 amide bonds. The van der Waals surface area contributed by atoms with E-state index in [2.05, 4.69) is 63.0 Å². The standard InChI is InChI=1S/C24H34N4O/c1-25-24(26-15-12-21-8-10-23(29-2)11-9-21)27-18-22-14-17-28(19-22)16-13-20-6-4-3-5-7-20/h3-11,22H,12-19H2,1-2H3,(H2,25,26,27). The van der Waals surface area contributed by atoms with Crippen LogP contribution in [0.1, 0.15) is 17.5 Å². The quantitative estimate of drug-likeness (QED) is 0.507. The third-order valence-electron chi connectivity index (χ3n) is 5.58. The van der Waals surface area contributed by atoms with Gasteiger partial charge in [-0.2, -0.15) is 0 Å². The van der Waals surface area contributed by atoms with E-state index in [0.29, 0.717) is 5.92 Å². The minimum atomic E-state index is 0.686. The summed E-state index contributed by atoms with van der Waals surface area (Å²) in [6.45, 7) is 5.35. The Hall–Kier alpha value is -2.53. The molecule has 2 aromatic rings. The third-order valence-corrected chi connectivity index (χ3v) is 5.58. The van der Waals surface area contributed by atoms with E-state index < -0.39 is 0 Å². The van der Waals surface area contributed by atoms with Gasteiger partial charge >= 0.3 is 0 Å². The maximum absolute atomic E-state index is 5.21. The Bertz CT molecular complexity index is 745. The van der Waals surface area contributed by atoms with Crippen molar-refractivity contribution in [2.75, 3.05) is 46.9 Å². The highest BCUT2D eigenvalue weighted by Crippen LogP contribution is 2.16. The van der Waals surface area contributed by atoms with Gasteiger partial charge in [-0.3, -0.25) is 4.99 Å². The zero-order valence-corrected chi connectivity index (χ0v) is 17.7. The normalized spacial score (nSPS) is 17.3. The largest absolute Gasteiger partial charge is 0.497 e. The number of likely N-dealkylation sites (tertiary alicyclic amines) is 1. The molecule has 1 aliphatic heterocycles. The lowest BCUT2D eigenvalue weighted by atomic mass is 10.1. The molecule has 1 unspecified atom stereocenters. The summed E-state index contributed by atoms with van der Waals surface area (Å²) in [5, 5.41) is 6.92. The second kappa shape index (κ2) is 11.5. The van der Waals surface area contributed by atoms with Crippen LogP contribution >= 0.6 is 0 Å². The minimum Gasteiger partial charge on any atom is -0.497 e. The van der Waals surface area contributed by atoms with E-state index in [1.54, 1.807) is 7.11 Å². The van der Waals surface area contributed by atoms with Crippen molar-refractivity contribution >= 4 is 5.96 Å². The van der Waals surface area contributed by atoms with Gasteiger partial charge in [0.1, 0.15) is 5.75 Å². The molecule has 1 atom stereocenters. The first-order valence-electron chi connectivity index (χ1n) is 10.6. The molecule has 1 saturated heterocycles. The van der Waals surface area contributed by atoms with Crippen molar-refractivity contribution in [3.63, 3.8) is 0 Å². The molecule has 0 aromatic heterocycles. The molecule has 0 aliphatic carbocycles. The summed E-state index contributed by atoms with van der Waals surface area (Å²) in [5.41, 5.74) is 2.72. The lowest BCUT2D eigenvalue weighted by Gasteiger charge is -2.17. The van der Waals surface area contributed by atoms with Crippen LogP contribution in [0.2, 0.25) is 0 Å². The molecule has 5 nitrogen and oxygen atoms in total. The summed E-state index contributed by atoms with van der Waals surface area (Å²) in [6, 6.07) is 19.0. The monoisotopic (exact) mass is 394 g/mol. The second-order valence-electron chi connectivity index (χ2n) is 7.67. The van der Waals surface area contributed by atoms with Gasteiger partial charge in [0.2, 0.25) is 0 Å². The first kappa shape index (κ1) is 21.2. The number of hydrogen-bond acceptors (Lipinski definition) is 3. The number of hydrogen-bond donors (Lipinski definition) is 2. The van der Waals surface area contributed by atoms with Crippen molar-refractivity contribution in [3.8, 4) is 5.75 Å². The number of guanidine groups is 1. The maximum Gasteiger partial charge on any atom is 0.190 e. The van der Waals surface area contributed by atoms with E-state index >= 15 is 0 Å². The summed E-state index contributed by atoms with van der Waals surface area (Å²) in [5.74, 6) is 2.47. The Morgan fingerprint density at radius 1 is 1.03 bits per heavy atom. The van der Waals surface area contributed by atoms with Gasteiger partial charge in [0.25, 0.3) is 0 Å². The summed E-state index contributed by atoms with van der Waals surface area (Å²) in [4.78, 5) is 6.95. The molecule has 0 spiro atoms. The number of benzene rings is 2. The van der Waals surface area contributed by atoms with E-state index in [1.807, 2.05) is 19.2 Å². The van der Waals surface area contributed by atoms with Crippen molar-refractivity contribution in [1.82, 2.24) is 15.5 Å². The molecule has 0 bridgehead atoms. The highest BCUT2D eigenvalue weighted by atomic mass is 16.5. The van der Waals surface area contributed by atoms with Gasteiger partial charge in [0.05, 0.1) is 7.11 Å². The fraction of sp³-hybridized carbons (Fsp3) is 0.458. The van der Waals surface area contributed by atoms with E-state index in [1.165, 1.54) is 30.6 Å². The Morgan fingerprint density at radius 3 is 2.52 bits per heavy atom. The number of ether oxygens (including phenoxy) is 1. The van der Waals surface area contributed by atoms with Crippen LogP contribution in [0.5, 0.6) is 5.75 Å². The average Bonchev–Trinajstić information content (AvgIpc) is 3.23. The van der Waals surface area contributed by atoms with Gasteiger partial charge in [-0.05, 0) is 55.0 Å². The van der Waals surface area contributed by atoms with Gasteiger partial charge in [-0.1, -0.05) is 42.5 Å². The molecule has 1 aliphatic rings. The van der Waals surface area contributed by atoms with E-state index in [0.717, 1.165) is 44.2 Å². The third kappa shape index (κ3) is 7.09. The topological polar surface area (TPSA) is 48.9 Å². The fourth-order valence-electron chi connectivity index (χ4n) is 3.79. The van der Waals surface area contributed by atoms with Crippen molar-refractivity contribution in [2.24, 2.45) is 10.9 Å². The van der Waals surface area contributed by atoms with Crippen LogP contribution in [0.15, 0.2) is 59.6 Å². The van der Waals surface area contributed by atoms with Crippen LogP contribution in [0, 0.1) is 5.92 Å². The highest BCUT2D eigenvalue weighted by Gasteiger charge is 2.22. The van der Waals surface area contributed by atoms with Crippen LogP contribution in [0.3, 0.4) is 0 Å². The van der Waals surface area contributed by atoms with E-state index in [9.17, 15) is 0 Å². The highest BCUT2D eigenvalue weighted by molar-refractivity contribution is 5.79. The first-order chi connectivity index (χ1) is 14.3. The van der Waals surface area contributed by atoms with E-state index in [4.69, 9.17) is 4.74 Å². The van der Waals surface area contributed by atoms with Crippen LogP contribution in [-0.2, 0) is 12.8 Å². The Morgan fingerprint density at radius 2 is 1.79 bits per heavy atom. The van der Waals surface area contributed by atoms with Crippen LogP contribution in [-0.4, -0.2) is 57.7 Å². The summed E-state index contributed by atoms with van der Waals surface area (Å²) in [7, 11) is 3.53. The zero-order chi connectivity index (χ0) is 20.3. The van der Waals surface area contributed by atoms with E-state index in [-0.39, 0.29) is 0 Å². The molecular weight excluding hydrogens is 360 g/mol. The van der Waals surface area contributed by atoms with Gasteiger partial charge < -0.3 is 20.3 Å². The molecule has 1 heterocycles. The molecule has 1 fully saturated rings. The van der Waals surface area contributed by atoms with Crippen molar-refractivity contribution in [3.05, 3.63) is 65.7 Å². The van der Waals surface area contributed by atoms with Crippen LogP contribution in [0.4, 0.5) is 0 Å². The number of methoxy groups -OCH3 is 1. The lowest BCUT2D eigenvalue weighted by molar-refractivity contribution is 0.328. The molecule has 2 aromatic carbocycles. The number of aliphatic imine (C=N–C) groups is 1. The number of nitrogens with one attached hydrogen (secondary N) is 2. The number of rotatable bonds is 9. The summed E-state index contributed by atoms with van der Waals surface area (Å²) >= 11 is 0. The predicted octanol–water partition coefficient (Wildman–Crippen LogP) is 2.97. The lowest BCUT2D eigenvalue weighted by Crippen LogP contribution is -2.41.